The molecule has 1 N–H and O–H groups in total. The first kappa shape index (κ1) is 27.7. The summed E-state index contributed by atoms with van der Waals surface area (Å²) in [6, 6.07) is 19.8. The SMILES string of the molecule is CCCCCCCCC(=O)NC(Cc1ccccc1)C(=O)N1CCN(C/C=C/c2ccccc2)CC1. The van der Waals surface area contributed by atoms with Crippen LogP contribution in [0.4, 0.5) is 0 Å². The number of benzene rings is 2. The van der Waals surface area contributed by atoms with E-state index in [-0.39, 0.29) is 11.8 Å². The third kappa shape index (κ3) is 9.98. The number of amides is 2. The predicted octanol–water partition coefficient (Wildman–Crippen LogP) is 5.32. The molecule has 2 amide bonds. The Morgan fingerprint density at radius 2 is 1.50 bits per heavy atom. The molecule has 0 aromatic heterocycles. The topological polar surface area (TPSA) is 52.7 Å². The molecule has 0 spiro atoms. The van der Waals surface area contributed by atoms with Crippen LogP contribution in [0.15, 0.2) is 66.7 Å². The number of nitrogens with zero attached hydrogens (tertiary/aromatic N) is 2. The molecule has 1 aliphatic heterocycles. The maximum Gasteiger partial charge on any atom is 0.245 e. The molecule has 0 bridgehead atoms. The molecule has 2 aromatic rings. The number of piperazine rings is 1. The number of carbonyl (C=O) groups excluding carboxylic acids is 2. The second-order valence-electron chi connectivity index (χ2n) is 9.77. The maximum absolute atomic E-state index is 13.5. The second kappa shape index (κ2) is 15.9. The van der Waals surface area contributed by atoms with Crippen LogP contribution in [0, 0.1) is 0 Å². The minimum absolute atomic E-state index is 0.00976. The van der Waals surface area contributed by atoms with E-state index in [9.17, 15) is 9.59 Å². The van der Waals surface area contributed by atoms with Gasteiger partial charge in [-0.3, -0.25) is 14.5 Å². The molecule has 0 radical (unpaired) electrons. The number of hydrogen-bond acceptors (Lipinski definition) is 3. The van der Waals surface area contributed by atoms with Gasteiger partial charge in [0.05, 0.1) is 0 Å². The van der Waals surface area contributed by atoms with Crippen LogP contribution < -0.4 is 5.32 Å². The van der Waals surface area contributed by atoms with Crippen molar-refractivity contribution in [2.75, 3.05) is 32.7 Å². The number of nitrogens with one attached hydrogen (secondary N) is 1. The van der Waals surface area contributed by atoms with E-state index in [1.807, 2.05) is 53.4 Å². The van der Waals surface area contributed by atoms with Crippen molar-refractivity contribution in [3.63, 3.8) is 0 Å². The van der Waals surface area contributed by atoms with Crippen LogP contribution in [0.3, 0.4) is 0 Å². The summed E-state index contributed by atoms with van der Waals surface area (Å²) in [6.45, 7) is 6.15. The fourth-order valence-corrected chi connectivity index (χ4v) is 4.66. The Morgan fingerprint density at radius 3 is 2.19 bits per heavy atom. The highest BCUT2D eigenvalue weighted by Crippen LogP contribution is 2.11. The van der Waals surface area contributed by atoms with Crippen molar-refractivity contribution in [1.82, 2.24) is 15.1 Å². The largest absolute Gasteiger partial charge is 0.344 e. The number of unbranched alkanes of at least 4 members (excludes halogenated alkanes) is 5. The molecule has 2 aromatic carbocycles. The molecule has 5 heteroatoms. The maximum atomic E-state index is 13.5. The molecular weight excluding hydrogens is 446 g/mol. The second-order valence-corrected chi connectivity index (χ2v) is 9.77. The summed E-state index contributed by atoms with van der Waals surface area (Å²) in [5.74, 6) is 0.0269. The van der Waals surface area contributed by atoms with Crippen molar-refractivity contribution in [3.8, 4) is 0 Å². The minimum Gasteiger partial charge on any atom is -0.344 e. The van der Waals surface area contributed by atoms with Gasteiger partial charge in [0.1, 0.15) is 6.04 Å². The lowest BCUT2D eigenvalue weighted by Gasteiger charge is -2.36. The molecule has 1 saturated heterocycles. The van der Waals surface area contributed by atoms with Gasteiger partial charge in [-0.25, -0.2) is 0 Å². The summed E-state index contributed by atoms with van der Waals surface area (Å²) < 4.78 is 0. The van der Waals surface area contributed by atoms with Crippen molar-refractivity contribution in [2.24, 2.45) is 0 Å². The van der Waals surface area contributed by atoms with Gasteiger partial charge in [-0.1, -0.05) is 112 Å². The first-order chi connectivity index (χ1) is 17.7. The fraction of sp³-hybridized carbons (Fsp3) is 0.484. The lowest BCUT2D eigenvalue weighted by Crippen LogP contribution is -2.55. The highest BCUT2D eigenvalue weighted by Gasteiger charge is 2.28. The number of rotatable bonds is 14. The van der Waals surface area contributed by atoms with Gasteiger partial charge in [-0.15, -0.1) is 0 Å². The summed E-state index contributed by atoms with van der Waals surface area (Å²) >= 11 is 0. The third-order valence-corrected chi connectivity index (χ3v) is 6.83. The Bertz CT molecular complexity index is 921. The first-order valence-corrected chi connectivity index (χ1v) is 13.7. The lowest BCUT2D eigenvalue weighted by atomic mass is 10.0. The average molecular weight is 490 g/mol. The Morgan fingerprint density at radius 1 is 0.861 bits per heavy atom. The van der Waals surface area contributed by atoms with Gasteiger partial charge in [-0.2, -0.15) is 0 Å². The zero-order valence-electron chi connectivity index (χ0n) is 21.9. The van der Waals surface area contributed by atoms with Crippen LogP contribution in [0.2, 0.25) is 0 Å². The van der Waals surface area contributed by atoms with Gasteiger partial charge < -0.3 is 10.2 Å². The summed E-state index contributed by atoms with van der Waals surface area (Å²) in [7, 11) is 0. The van der Waals surface area contributed by atoms with Gasteiger partial charge >= 0.3 is 0 Å². The monoisotopic (exact) mass is 489 g/mol. The molecule has 0 saturated carbocycles. The number of hydrogen-bond donors (Lipinski definition) is 1. The van der Waals surface area contributed by atoms with Gasteiger partial charge in [-0.05, 0) is 17.5 Å². The van der Waals surface area contributed by atoms with E-state index in [1.54, 1.807) is 0 Å². The summed E-state index contributed by atoms with van der Waals surface area (Å²) in [5.41, 5.74) is 2.27. The molecule has 1 fully saturated rings. The molecule has 1 heterocycles. The van der Waals surface area contributed by atoms with E-state index in [4.69, 9.17) is 0 Å². The van der Waals surface area contributed by atoms with Crippen LogP contribution in [-0.2, 0) is 16.0 Å². The molecule has 1 unspecified atom stereocenters. The highest BCUT2D eigenvalue weighted by molar-refractivity contribution is 5.88. The van der Waals surface area contributed by atoms with Crippen molar-refractivity contribution in [1.29, 1.82) is 0 Å². The van der Waals surface area contributed by atoms with Gasteiger partial charge in [0.25, 0.3) is 0 Å². The van der Waals surface area contributed by atoms with E-state index < -0.39 is 6.04 Å². The quantitative estimate of drug-likeness (QED) is 0.365. The van der Waals surface area contributed by atoms with E-state index in [0.29, 0.717) is 25.9 Å². The van der Waals surface area contributed by atoms with Crippen LogP contribution in [-0.4, -0.2) is 60.4 Å². The normalized spacial score (nSPS) is 15.2. The first-order valence-electron chi connectivity index (χ1n) is 13.7. The van der Waals surface area contributed by atoms with Gasteiger partial charge in [0.15, 0.2) is 0 Å². The van der Waals surface area contributed by atoms with Crippen LogP contribution in [0.5, 0.6) is 0 Å². The zero-order valence-corrected chi connectivity index (χ0v) is 21.9. The van der Waals surface area contributed by atoms with Crippen LogP contribution >= 0.6 is 0 Å². The van der Waals surface area contributed by atoms with Gasteiger partial charge in [0, 0.05) is 45.6 Å². The Balaban J connectivity index is 1.49. The molecular formula is C31H43N3O2. The summed E-state index contributed by atoms with van der Waals surface area (Å²) in [4.78, 5) is 30.5. The minimum atomic E-state index is -0.510. The smallest absolute Gasteiger partial charge is 0.245 e. The standard InChI is InChI=1S/C31H43N3O2/c1-2-3-4-5-6-13-20-30(35)32-29(26-28-17-11-8-12-18-28)31(36)34-24-22-33(23-25-34)21-14-19-27-15-9-7-10-16-27/h7-12,14-19,29H,2-6,13,20-26H2,1H3,(H,32,35)/b19-14+. The van der Waals surface area contributed by atoms with E-state index in [0.717, 1.165) is 38.0 Å². The van der Waals surface area contributed by atoms with Crippen molar-refractivity contribution in [2.45, 2.75) is 64.3 Å². The van der Waals surface area contributed by atoms with E-state index in [2.05, 4.69) is 41.4 Å². The van der Waals surface area contributed by atoms with Crippen molar-refractivity contribution >= 4 is 17.9 Å². The summed E-state index contributed by atoms with van der Waals surface area (Å²) in [5, 5.41) is 3.07. The molecule has 0 aliphatic carbocycles. The molecule has 1 aliphatic rings. The molecule has 194 valence electrons. The zero-order chi connectivity index (χ0) is 25.4. The predicted molar refractivity (Wildman–Crippen MR) is 149 cm³/mol. The van der Waals surface area contributed by atoms with E-state index >= 15 is 0 Å². The average Bonchev–Trinajstić information content (AvgIpc) is 2.91. The van der Waals surface area contributed by atoms with E-state index in [1.165, 1.54) is 31.2 Å². The highest BCUT2D eigenvalue weighted by atomic mass is 16.2. The Kier molecular flexibility index (Phi) is 12.3. The third-order valence-electron chi connectivity index (χ3n) is 6.83. The Hall–Kier alpha value is -2.92. The molecule has 1 atom stereocenters. The van der Waals surface area contributed by atoms with Crippen molar-refractivity contribution in [3.05, 3.63) is 77.9 Å². The van der Waals surface area contributed by atoms with Crippen LogP contribution in [0.25, 0.3) is 6.08 Å². The fourth-order valence-electron chi connectivity index (χ4n) is 4.66. The summed E-state index contributed by atoms with van der Waals surface area (Å²) in [6.07, 6.45) is 12.2. The molecule has 36 heavy (non-hydrogen) atoms. The molecule has 5 nitrogen and oxygen atoms in total. The Labute approximate surface area is 217 Å². The van der Waals surface area contributed by atoms with Crippen molar-refractivity contribution < 1.29 is 9.59 Å². The van der Waals surface area contributed by atoms with Gasteiger partial charge in [0.2, 0.25) is 11.8 Å². The lowest BCUT2D eigenvalue weighted by molar-refractivity contribution is -0.137. The van der Waals surface area contributed by atoms with Crippen LogP contribution in [0.1, 0.15) is 63.0 Å². The molecule has 3 rings (SSSR count). The number of carbonyl (C=O) groups is 2.